The number of nitrogens with zero attached hydrogens (tertiary/aromatic N) is 2. The molecular weight excluding hydrogens is 450 g/mol. The third-order valence-electron chi connectivity index (χ3n) is 7.84. The topological polar surface area (TPSA) is 72.9 Å². The van der Waals surface area contributed by atoms with Gasteiger partial charge in [0.25, 0.3) is 0 Å². The minimum absolute atomic E-state index is 0.0236. The first-order valence-corrected chi connectivity index (χ1v) is 13.8. The van der Waals surface area contributed by atoms with Crippen molar-refractivity contribution in [2.24, 2.45) is 5.92 Å². The van der Waals surface area contributed by atoms with Crippen LogP contribution in [0, 0.1) is 5.92 Å². The summed E-state index contributed by atoms with van der Waals surface area (Å²) in [6.45, 7) is 22.0. The number of carbonyl (C=O) groups is 2. The van der Waals surface area contributed by atoms with Gasteiger partial charge in [-0.25, -0.2) is 0 Å². The Hall–Kier alpha value is -2.08. The van der Waals surface area contributed by atoms with Gasteiger partial charge in [-0.2, -0.15) is 0 Å². The Kier molecular flexibility index (Phi) is 8.19. The fraction of sp³-hybridized carbons (Fsp3) is 0.733. The van der Waals surface area contributed by atoms with Crippen LogP contribution in [0.5, 0.6) is 5.75 Å². The summed E-state index contributed by atoms with van der Waals surface area (Å²) in [7, 11) is 0. The Morgan fingerprint density at radius 2 is 1.56 bits per heavy atom. The number of phenols is 1. The number of nitrogens with one attached hydrogen (secondary N) is 1. The number of rotatable bonds is 6. The maximum Gasteiger partial charge on any atom is 0.246 e. The SMILES string of the molecule is CCCN1C(=O)C(CC(C)C)NC(=O)C12CCN(Cc1cc(C(C)(C)C)c(O)c(C(C)(C)C)c1)CC2. The Labute approximate surface area is 218 Å². The zero-order chi connectivity index (χ0) is 27.1. The van der Waals surface area contributed by atoms with Crippen molar-refractivity contribution in [1.82, 2.24) is 15.1 Å². The number of carbonyl (C=O) groups excluding carboxylic acids is 2. The van der Waals surface area contributed by atoms with Gasteiger partial charge in [-0.15, -0.1) is 0 Å². The second kappa shape index (κ2) is 10.4. The normalized spacial score (nSPS) is 21.4. The van der Waals surface area contributed by atoms with E-state index < -0.39 is 11.6 Å². The minimum Gasteiger partial charge on any atom is -0.507 e. The molecule has 0 aliphatic carbocycles. The van der Waals surface area contributed by atoms with Crippen molar-refractivity contribution in [2.45, 2.75) is 117 Å². The molecule has 1 aromatic carbocycles. The molecule has 36 heavy (non-hydrogen) atoms. The van der Waals surface area contributed by atoms with Crippen LogP contribution in [0.3, 0.4) is 0 Å². The average molecular weight is 500 g/mol. The lowest BCUT2D eigenvalue weighted by Crippen LogP contribution is -2.73. The summed E-state index contributed by atoms with van der Waals surface area (Å²) >= 11 is 0. The molecule has 0 bridgehead atoms. The molecule has 3 rings (SSSR count). The van der Waals surface area contributed by atoms with E-state index in [0.717, 1.165) is 37.2 Å². The van der Waals surface area contributed by atoms with Crippen molar-refractivity contribution in [3.05, 3.63) is 28.8 Å². The molecule has 2 aliphatic heterocycles. The fourth-order valence-corrected chi connectivity index (χ4v) is 5.82. The number of likely N-dealkylation sites (tertiary alicyclic amines) is 1. The Morgan fingerprint density at radius 1 is 1.03 bits per heavy atom. The van der Waals surface area contributed by atoms with E-state index >= 15 is 0 Å². The maximum atomic E-state index is 13.5. The van der Waals surface area contributed by atoms with E-state index in [1.807, 2.05) is 4.90 Å². The number of benzene rings is 1. The Morgan fingerprint density at radius 3 is 2.00 bits per heavy atom. The molecule has 1 atom stereocenters. The first-order chi connectivity index (χ1) is 16.6. The van der Waals surface area contributed by atoms with E-state index in [-0.39, 0.29) is 22.6 Å². The third kappa shape index (κ3) is 5.74. The first-order valence-electron chi connectivity index (χ1n) is 13.8. The van der Waals surface area contributed by atoms with Crippen molar-refractivity contribution in [3.8, 4) is 5.75 Å². The van der Waals surface area contributed by atoms with E-state index in [1.54, 1.807) is 0 Å². The molecular formula is C30H49N3O3. The number of hydrogen-bond donors (Lipinski definition) is 2. The first kappa shape index (κ1) is 28.5. The molecule has 2 aliphatic rings. The molecule has 0 aromatic heterocycles. The van der Waals surface area contributed by atoms with Crippen molar-refractivity contribution in [3.63, 3.8) is 0 Å². The van der Waals surface area contributed by atoms with Crippen molar-refractivity contribution in [1.29, 1.82) is 0 Å². The van der Waals surface area contributed by atoms with E-state index in [1.165, 1.54) is 5.56 Å². The van der Waals surface area contributed by atoms with Crippen LogP contribution in [0.2, 0.25) is 0 Å². The summed E-state index contributed by atoms with van der Waals surface area (Å²) in [6, 6.07) is 3.88. The number of piperidine rings is 1. The van der Waals surface area contributed by atoms with Crippen LogP contribution in [0.1, 0.15) is 105 Å². The molecule has 1 unspecified atom stereocenters. The van der Waals surface area contributed by atoms with Crippen LogP contribution < -0.4 is 5.32 Å². The number of phenolic OH excluding ortho intramolecular Hbond substituents is 1. The lowest BCUT2D eigenvalue weighted by molar-refractivity contribution is -0.161. The molecule has 2 heterocycles. The lowest BCUT2D eigenvalue weighted by Gasteiger charge is -2.52. The molecule has 2 saturated heterocycles. The third-order valence-corrected chi connectivity index (χ3v) is 7.84. The molecule has 6 nitrogen and oxygen atoms in total. The highest BCUT2D eigenvalue weighted by atomic mass is 16.3. The molecule has 202 valence electrons. The lowest BCUT2D eigenvalue weighted by atomic mass is 9.78. The van der Waals surface area contributed by atoms with E-state index in [0.29, 0.717) is 37.5 Å². The van der Waals surface area contributed by atoms with Crippen LogP contribution in [-0.2, 0) is 27.0 Å². The highest BCUT2D eigenvalue weighted by Crippen LogP contribution is 2.40. The predicted molar refractivity (Wildman–Crippen MR) is 146 cm³/mol. The van der Waals surface area contributed by atoms with Crippen molar-refractivity contribution in [2.75, 3.05) is 19.6 Å². The molecule has 1 aromatic rings. The Balaban J connectivity index is 1.82. The molecule has 1 spiro atoms. The van der Waals surface area contributed by atoms with Gasteiger partial charge >= 0.3 is 0 Å². The monoisotopic (exact) mass is 499 g/mol. The van der Waals surface area contributed by atoms with Crippen LogP contribution in [-0.4, -0.2) is 57.9 Å². The van der Waals surface area contributed by atoms with E-state index in [2.05, 4.69) is 84.7 Å². The number of piperazine rings is 1. The largest absolute Gasteiger partial charge is 0.507 e. The van der Waals surface area contributed by atoms with Gasteiger partial charge in [0.15, 0.2) is 0 Å². The van der Waals surface area contributed by atoms with E-state index in [4.69, 9.17) is 0 Å². The van der Waals surface area contributed by atoms with Gasteiger partial charge in [-0.05, 0) is 59.1 Å². The smallest absolute Gasteiger partial charge is 0.246 e. The van der Waals surface area contributed by atoms with Gasteiger partial charge in [-0.1, -0.05) is 74.4 Å². The number of amides is 2. The summed E-state index contributed by atoms with van der Waals surface area (Å²) < 4.78 is 0. The zero-order valence-corrected chi connectivity index (χ0v) is 24.1. The quantitative estimate of drug-likeness (QED) is 0.571. The molecule has 6 heteroatoms. The summed E-state index contributed by atoms with van der Waals surface area (Å²) in [5.41, 5.74) is 2.06. The molecule has 0 radical (unpaired) electrons. The zero-order valence-electron chi connectivity index (χ0n) is 24.1. The number of aromatic hydroxyl groups is 1. The average Bonchev–Trinajstić information content (AvgIpc) is 2.75. The van der Waals surface area contributed by atoms with Gasteiger partial charge in [0.05, 0.1) is 0 Å². The standard InChI is InChI=1S/C30H49N3O3/c1-10-13-33-26(35)24(16-20(2)3)31-27(36)30(33)11-14-32(15-12-30)19-21-17-22(28(4,5)6)25(34)23(18-21)29(7,8)9/h17-18,20,24,34H,10-16,19H2,1-9H3,(H,31,36). The highest BCUT2D eigenvalue weighted by Gasteiger charge is 2.53. The Bertz CT molecular complexity index is 928. The molecule has 2 fully saturated rings. The molecule has 2 N–H and O–H groups in total. The second-order valence-corrected chi connectivity index (χ2v) is 13.5. The van der Waals surface area contributed by atoms with Gasteiger partial charge in [0, 0.05) is 26.2 Å². The van der Waals surface area contributed by atoms with E-state index in [9.17, 15) is 14.7 Å². The van der Waals surface area contributed by atoms with Gasteiger partial charge in [0.2, 0.25) is 11.8 Å². The second-order valence-electron chi connectivity index (χ2n) is 13.5. The summed E-state index contributed by atoms with van der Waals surface area (Å²) in [6.07, 6.45) is 2.82. The molecule has 0 saturated carbocycles. The van der Waals surface area contributed by atoms with Gasteiger partial charge in [-0.3, -0.25) is 14.5 Å². The van der Waals surface area contributed by atoms with Gasteiger partial charge in [0.1, 0.15) is 17.3 Å². The van der Waals surface area contributed by atoms with Crippen molar-refractivity contribution >= 4 is 11.8 Å². The predicted octanol–water partition coefficient (Wildman–Crippen LogP) is 5.10. The van der Waals surface area contributed by atoms with Crippen molar-refractivity contribution < 1.29 is 14.7 Å². The van der Waals surface area contributed by atoms with Crippen LogP contribution >= 0.6 is 0 Å². The maximum absolute atomic E-state index is 13.5. The van der Waals surface area contributed by atoms with Crippen LogP contribution in [0.25, 0.3) is 0 Å². The van der Waals surface area contributed by atoms with Crippen LogP contribution in [0.4, 0.5) is 0 Å². The minimum atomic E-state index is -0.737. The highest BCUT2D eigenvalue weighted by molar-refractivity contribution is 6.00. The summed E-state index contributed by atoms with van der Waals surface area (Å²) in [4.78, 5) is 31.2. The fourth-order valence-electron chi connectivity index (χ4n) is 5.82. The summed E-state index contributed by atoms with van der Waals surface area (Å²) in [5.74, 6) is 0.858. The van der Waals surface area contributed by atoms with Crippen LogP contribution in [0.15, 0.2) is 12.1 Å². The number of hydrogen-bond acceptors (Lipinski definition) is 4. The molecule has 2 amide bonds. The summed E-state index contributed by atoms with van der Waals surface area (Å²) in [5, 5.41) is 14.2. The van der Waals surface area contributed by atoms with Gasteiger partial charge < -0.3 is 15.3 Å².